The lowest BCUT2D eigenvalue weighted by molar-refractivity contribution is -0.132. The van der Waals surface area contributed by atoms with E-state index in [1.54, 1.807) is 4.90 Å². The van der Waals surface area contributed by atoms with Gasteiger partial charge in [-0.15, -0.1) is 0 Å². The summed E-state index contributed by atoms with van der Waals surface area (Å²) in [6, 6.07) is 14.1. The van der Waals surface area contributed by atoms with Gasteiger partial charge in [-0.25, -0.2) is 4.98 Å². The molecule has 6 heteroatoms. The highest BCUT2D eigenvalue weighted by atomic mass is 16.2. The maximum absolute atomic E-state index is 12.8. The van der Waals surface area contributed by atoms with Crippen LogP contribution >= 0.6 is 0 Å². The van der Waals surface area contributed by atoms with Gasteiger partial charge in [-0.1, -0.05) is 18.2 Å². The Hall–Kier alpha value is -3.15. The fourth-order valence-corrected chi connectivity index (χ4v) is 4.12. The first-order valence-electron chi connectivity index (χ1n) is 10.5. The van der Waals surface area contributed by atoms with E-state index in [1.165, 1.54) is 5.56 Å². The second-order valence-corrected chi connectivity index (χ2v) is 8.04. The summed E-state index contributed by atoms with van der Waals surface area (Å²) in [5, 5.41) is 2.96. The van der Waals surface area contributed by atoms with Gasteiger partial charge in [0.05, 0.1) is 11.0 Å². The zero-order chi connectivity index (χ0) is 21.3. The van der Waals surface area contributed by atoms with Crippen LogP contribution in [0.25, 0.3) is 11.0 Å². The second kappa shape index (κ2) is 8.30. The molecule has 1 aliphatic heterocycles. The third-order valence-electron chi connectivity index (χ3n) is 6.03. The largest absolute Gasteiger partial charge is 0.355 e. The number of aryl methyl sites for hydroxylation is 4. The number of aromatic nitrogens is 2. The van der Waals surface area contributed by atoms with Crippen LogP contribution < -0.4 is 10.2 Å². The van der Waals surface area contributed by atoms with Crippen molar-refractivity contribution >= 4 is 28.5 Å². The Balaban J connectivity index is 1.31. The van der Waals surface area contributed by atoms with E-state index in [-0.39, 0.29) is 11.8 Å². The highest BCUT2D eigenvalue weighted by molar-refractivity contribution is 6.09. The van der Waals surface area contributed by atoms with Gasteiger partial charge in [0.15, 0.2) is 0 Å². The van der Waals surface area contributed by atoms with Crippen LogP contribution in [0, 0.1) is 26.7 Å². The molecule has 4 rings (SSSR count). The minimum absolute atomic E-state index is 0.104. The number of nitrogens with zero attached hydrogens (tertiary/aromatic N) is 3. The first-order valence-corrected chi connectivity index (χ1v) is 10.5. The van der Waals surface area contributed by atoms with Crippen molar-refractivity contribution in [2.24, 2.45) is 5.92 Å². The Bertz CT molecular complexity index is 1100. The number of carbonyl (C=O) groups excluding carboxylic acids is 2. The maximum atomic E-state index is 12.8. The zero-order valence-electron chi connectivity index (χ0n) is 17.8. The fourth-order valence-electron chi connectivity index (χ4n) is 4.12. The number of para-hydroxylation sites is 2. The van der Waals surface area contributed by atoms with E-state index in [2.05, 4.69) is 27.9 Å². The number of fused-ring (bicyclic) bond motifs is 1. The standard InChI is InChI=1S/C24H28N4O2/c1-16-9-10-19(15-17(16)2)28-14-11-20(24(28)30)23(29)25-12-6-13-27-18(3)26-21-7-4-5-8-22(21)27/h4-5,7-10,15,20H,6,11-14H2,1-3H3,(H,25,29). The topological polar surface area (TPSA) is 67.2 Å². The second-order valence-electron chi connectivity index (χ2n) is 8.04. The summed E-state index contributed by atoms with van der Waals surface area (Å²) in [6.45, 7) is 7.99. The molecule has 1 aliphatic rings. The lowest BCUT2D eigenvalue weighted by Gasteiger charge is -2.18. The quantitative estimate of drug-likeness (QED) is 0.505. The molecule has 1 saturated heterocycles. The van der Waals surface area contributed by atoms with E-state index >= 15 is 0 Å². The summed E-state index contributed by atoms with van der Waals surface area (Å²) in [5.74, 6) is 0.102. The Morgan fingerprint density at radius 1 is 1.13 bits per heavy atom. The molecular weight excluding hydrogens is 376 g/mol. The molecule has 1 unspecified atom stereocenters. The maximum Gasteiger partial charge on any atom is 0.239 e. The van der Waals surface area contributed by atoms with Crippen LogP contribution in [0.5, 0.6) is 0 Å². The van der Waals surface area contributed by atoms with E-state index in [0.717, 1.165) is 41.1 Å². The zero-order valence-corrected chi connectivity index (χ0v) is 17.8. The first kappa shape index (κ1) is 20.1. The van der Waals surface area contributed by atoms with Gasteiger partial charge in [0.2, 0.25) is 11.8 Å². The third-order valence-corrected chi connectivity index (χ3v) is 6.03. The predicted octanol–water partition coefficient (Wildman–Crippen LogP) is 3.52. The van der Waals surface area contributed by atoms with Gasteiger partial charge in [0.1, 0.15) is 11.7 Å². The Morgan fingerprint density at radius 3 is 2.73 bits per heavy atom. The molecule has 0 radical (unpaired) electrons. The van der Waals surface area contributed by atoms with Crippen molar-refractivity contribution in [3.05, 3.63) is 59.4 Å². The number of hydrogen-bond acceptors (Lipinski definition) is 3. The van der Waals surface area contributed by atoms with E-state index in [4.69, 9.17) is 0 Å². The van der Waals surface area contributed by atoms with Crippen molar-refractivity contribution in [1.82, 2.24) is 14.9 Å². The van der Waals surface area contributed by atoms with Crippen LogP contribution in [-0.4, -0.2) is 34.5 Å². The van der Waals surface area contributed by atoms with Gasteiger partial charge in [-0.3, -0.25) is 9.59 Å². The number of hydrogen-bond donors (Lipinski definition) is 1. The van der Waals surface area contributed by atoms with Gasteiger partial charge in [-0.2, -0.15) is 0 Å². The smallest absolute Gasteiger partial charge is 0.239 e. The number of nitrogens with one attached hydrogen (secondary N) is 1. The summed E-state index contributed by atoms with van der Waals surface area (Å²) in [5.41, 5.74) is 5.32. The third kappa shape index (κ3) is 3.82. The van der Waals surface area contributed by atoms with Crippen molar-refractivity contribution in [3.8, 4) is 0 Å². The van der Waals surface area contributed by atoms with Gasteiger partial charge in [0.25, 0.3) is 0 Å². The van der Waals surface area contributed by atoms with Gasteiger partial charge < -0.3 is 14.8 Å². The van der Waals surface area contributed by atoms with E-state index < -0.39 is 5.92 Å². The average Bonchev–Trinajstić information content (AvgIpc) is 3.26. The molecule has 30 heavy (non-hydrogen) atoms. The van der Waals surface area contributed by atoms with Crippen molar-refractivity contribution < 1.29 is 9.59 Å². The number of carbonyl (C=O) groups is 2. The predicted molar refractivity (Wildman–Crippen MR) is 118 cm³/mol. The van der Waals surface area contributed by atoms with E-state index in [9.17, 15) is 9.59 Å². The van der Waals surface area contributed by atoms with Crippen molar-refractivity contribution in [2.75, 3.05) is 18.0 Å². The summed E-state index contributed by atoms with van der Waals surface area (Å²) in [4.78, 5) is 31.7. The Morgan fingerprint density at radius 2 is 1.93 bits per heavy atom. The van der Waals surface area contributed by atoms with Crippen LogP contribution in [0.1, 0.15) is 29.8 Å². The van der Waals surface area contributed by atoms with Gasteiger partial charge in [0, 0.05) is 25.3 Å². The molecule has 1 N–H and O–H groups in total. The minimum Gasteiger partial charge on any atom is -0.355 e. The molecule has 2 amide bonds. The molecular formula is C24H28N4O2. The van der Waals surface area contributed by atoms with Crippen LogP contribution in [0.4, 0.5) is 5.69 Å². The molecule has 0 saturated carbocycles. The lowest BCUT2D eigenvalue weighted by Crippen LogP contribution is -2.37. The first-order chi connectivity index (χ1) is 14.5. The Kier molecular flexibility index (Phi) is 5.57. The van der Waals surface area contributed by atoms with Crippen molar-refractivity contribution in [2.45, 2.75) is 40.2 Å². The summed E-state index contributed by atoms with van der Waals surface area (Å²) in [6.07, 6.45) is 1.34. The highest BCUT2D eigenvalue weighted by Crippen LogP contribution is 2.27. The number of rotatable bonds is 6. The molecule has 1 aromatic heterocycles. The summed E-state index contributed by atoms with van der Waals surface area (Å²) in [7, 11) is 0. The monoisotopic (exact) mass is 404 g/mol. The Labute approximate surface area is 176 Å². The highest BCUT2D eigenvalue weighted by Gasteiger charge is 2.37. The molecule has 1 fully saturated rings. The van der Waals surface area contributed by atoms with E-state index in [1.807, 2.05) is 50.2 Å². The average molecular weight is 405 g/mol. The molecule has 0 bridgehead atoms. The molecule has 0 aliphatic carbocycles. The molecule has 2 heterocycles. The van der Waals surface area contributed by atoms with Crippen LogP contribution in [0.2, 0.25) is 0 Å². The normalized spacial score (nSPS) is 16.4. The van der Waals surface area contributed by atoms with Gasteiger partial charge in [-0.05, 0) is 69.0 Å². The molecule has 3 aromatic rings. The number of benzene rings is 2. The van der Waals surface area contributed by atoms with Crippen molar-refractivity contribution in [1.29, 1.82) is 0 Å². The summed E-state index contributed by atoms with van der Waals surface area (Å²) >= 11 is 0. The van der Waals surface area contributed by atoms with Crippen LogP contribution in [0.15, 0.2) is 42.5 Å². The van der Waals surface area contributed by atoms with Gasteiger partial charge >= 0.3 is 0 Å². The van der Waals surface area contributed by atoms with Crippen LogP contribution in [0.3, 0.4) is 0 Å². The van der Waals surface area contributed by atoms with Crippen molar-refractivity contribution in [3.63, 3.8) is 0 Å². The number of amides is 2. The fraction of sp³-hybridized carbons (Fsp3) is 0.375. The van der Waals surface area contributed by atoms with Crippen LogP contribution in [-0.2, 0) is 16.1 Å². The molecule has 1 atom stereocenters. The lowest BCUT2D eigenvalue weighted by atomic mass is 10.1. The molecule has 156 valence electrons. The SMILES string of the molecule is Cc1ccc(N2CCC(C(=O)NCCCn3c(C)nc4ccccc43)C2=O)cc1C. The minimum atomic E-state index is -0.595. The molecule has 2 aromatic carbocycles. The molecule has 0 spiro atoms. The summed E-state index contributed by atoms with van der Waals surface area (Å²) < 4.78 is 2.17. The number of imidazole rings is 1. The number of anilines is 1. The molecule has 6 nitrogen and oxygen atoms in total. The van der Waals surface area contributed by atoms with E-state index in [0.29, 0.717) is 19.5 Å².